The van der Waals surface area contributed by atoms with Gasteiger partial charge < -0.3 is 4.74 Å². The van der Waals surface area contributed by atoms with Crippen LogP contribution in [0, 0.1) is 11.7 Å². The molecule has 1 saturated carbocycles. The van der Waals surface area contributed by atoms with Crippen molar-refractivity contribution in [3.63, 3.8) is 0 Å². The van der Waals surface area contributed by atoms with E-state index in [-0.39, 0.29) is 11.7 Å². The van der Waals surface area contributed by atoms with Gasteiger partial charge in [-0.1, -0.05) is 103 Å². The van der Waals surface area contributed by atoms with Crippen LogP contribution in [0.5, 0.6) is 0 Å². The lowest BCUT2D eigenvalue weighted by atomic mass is 9.84. The van der Waals surface area contributed by atoms with E-state index in [0.717, 1.165) is 50.0 Å². The Bertz CT molecular complexity index is 954. The normalized spacial score (nSPS) is 17.3. The number of unbranched alkanes of at least 4 members (excludes halogenated alkanes) is 11. The first-order valence-electron chi connectivity index (χ1n) is 15.9. The van der Waals surface area contributed by atoms with Crippen LogP contribution in [0.3, 0.4) is 0 Å². The van der Waals surface area contributed by atoms with Crippen molar-refractivity contribution in [2.75, 3.05) is 0 Å². The zero-order chi connectivity index (χ0) is 27.7. The van der Waals surface area contributed by atoms with Crippen molar-refractivity contribution in [1.29, 1.82) is 0 Å². The molecule has 0 unspecified atom stereocenters. The van der Waals surface area contributed by atoms with Gasteiger partial charge in [-0.25, -0.2) is 19.2 Å². The molecule has 5 heteroatoms. The van der Waals surface area contributed by atoms with Crippen molar-refractivity contribution in [1.82, 2.24) is 9.97 Å². The number of aromatic nitrogens is 2. The van der Waals surface area contributed by atoms with Gasteiger partial charge in [0.05, 0.1) is 5.56 Å². The molecule has 0 atom stereocenters. The Morgan fingerprint density at radius 2 is 1.41 bits per heavy atom. The summed E-state index contributed by atoms with van der Waals surface area (Å²) in [4.78, 5) is 21.6. The van der Waals surface area contributed by atoms with Gasteiger partial charge in [-0.2, -0.15) is 0 Å². The second-order valence-electron chi connectivity index (χ2n) is 11.6. The molecule has 3 rings (SSSR count). The first kappa shape index (κ1) is 31.2. The van der Waals surface area contributed by atoms with Crippen LogP contribution in [0.25, 0.3) is 11.4 Å². The number of aryl methyl sites for hydroxylation is 1. The first-order chi connectivity index (χ1) is 19.1. The van der Waals surface area contributed by atoms with Gasteiger partial charge in [0, 0.05) is 18.0 Å². The summed E-state index contributed by atoms with van der Waals surface area (Å²) in [5.74, 6) is 0.0688. The van der Waals surface area contributed by atoms with Crippen LogP contribution in [0.2, 0.25) is 0 Å². The number of ether oxygens (including phenoxy) is 1. The van der Waals surface area contributed by atoms with Crippen LogP contribution in [-0.2, 0) is 11.2 Å². The first-order valence-corrected chi connectivity index (χ1v) is 15.9. The summed E-state index contributed by atoms with van der Waals surface area (Å²) < 4.78 is 20.6. The zero-order valence-electron chi connectivity index (χ0n) is 24.6. The maximum Gasteiger partial charge on any atom is 0.341 e. The maximum atomic E-state index is 14.9. The van der Waals surface area contributed by atoms with Crippen molar-refractivity contribution in [2.24, 2.45) is 5.92 Å². The van der Waals surface area contributed by atoms with E-state index >= 15 is 0 Å². The topological polar surface area (TPSA) is 52.1 Å². The zero-order valence-corrected chi connectivity index (χ0v) is 24.6. The minimum absolute atomic E-state index is 0.0106. The van der Waals surface area contributed by atoms with E-state index in [0.29, 0.717) is 11.4 Å². The molecule has 0 radical (unpaired) electrons. The number of carbonyl (C=O) groups excluding carboxylic acids is 1. The lowest BCUT2D eigenvalue weighted by molar-refractivity contribution is 0.0156. The second-order valence-corrected chi connectivity index (χ2v) is 11.6. The predicted molar refractivity (Wildman–Crippen MR) is 158 cm³/mol. The van der Waals surface area contributed by atoms with E-state index in [1.165, 1.54) is 95.6 Å². The summed E-state index contributed by atoms with van der Waals surface area (Å²) >= 11 is 0. The van der Waals surface area contributed by atoms with Crippen molar-refractivity contribution >= 4 is 5.97 Å². The Kier molecular flexibility index (Phi) is 14.5. The van der Waals surface area contributed by atoms with Gasteiger partial charge in [-0.05, 0) is 62.1 Å². The average Bonchev–Trinajstić information content (AvgIpc) is 2.95. The Hall–Kier alpha value is -2.30. The molecule has 1 aromatic heterocycles. The van der Waals surface area contributed by atoms with E-state index in [1.807, 2.05) is 12.4 Å². The number of rotatable bonds is 18. The molecular formula is C34H51FN2O2. The third-order valence-electron chi connectivity index (χ3n) is 8.25. The molecule has 1 heterocycles. The molecule has 216 valence electrons. The number of esters is 1. The van der Waals surface area contributed by atoms with Crippen molar-refractivity contribution in [3.8, 4) is 11.4 Å². The molecular weight excluding hydrogens is 487 g/mol. The van der Waals surface area contributed by atoms with Gasteiger partial charge in [-0.15, -0.1) is 0 Å². The molecule has 0 aliphatic heterocycles. The molecule has 1 aliphatic rings. The highest BCUT2D eigenvalue weighted by molar-refractivity contribution is 5.90. The Morgan fingerprint density at radius 3 is 2.03 bits per heavy atom. The van der Waals surface area contributed by atoms with Gasteiger partial charge in [0.15, 0.2) is 5.82 Å². The summed E-state index contributed by atoms with van der Waals surface area (Å²) in [6.45, 7) is 4.49. The fourth-order valence-electron chi connectivity index (χ4n) is 5.71. The van der Waals surface area contributed by atoms with E-state index in [9.17, 15) is 9.18 Å². The Labute approximate surface area is 236 Å². The highest BCUT2D eigenvalue weighted by atomic mass is 19.1. The van der Waals surface area contributed by atoms with E-state index in [1.54, 1.807) is 6.07 Å². The minimum atomic E-state index is -0.579. The number of nitrogens with zero attached hydrogens (tertiary/aromatic N) is 2. The molecule has 1 fully saturated rings. The predicted octanol–water partition coefficient (Wildman–Crippen LogP) is 10.0. The van der Waals surface area contributed by atoms with Crippen LogP contribution in [-0.4, -0.2) is 22.0 Å². The monoisotopic (exact) mass is 538 g/mol. The van der Waals surface area contributed by atoms with Crippen molar-refractivity contribution in [2.45, 2.75) is 142 Å². The van der Waals surface area contributed by atoms with Crippen LogP contribution < -0.4 is 0 Å². The van der Waals surface area contributed by atoms with E-state index in [2.05, 4.69) is 23.8 Å². The van der Waals surface area contributed by atoms with Crippen molar-refractivity contribution in [3.05, 3.63) is 47.5 Å². The maximum absolute atomic E-state index is 14.9. The van der Waals surface area contributed by atoms with Crippen LogP contribution in [0.4, 0.5) is 4.39 Å². The van der Waals surface area contributed by atoms with E-state index < -0.39 is 11.8 Å². The number of carbonyl (C=O) groups is 1. The van der Waals surface area contributed by atoms with Gasteiger partial charge in [-0.3, -0.25) is 0 Å². The summed E-state index contributed by atoms with van der Waals surface area (Å²) in [6.07, 6.45) is 26.7. The van der Waals surface area contributed by atoms with Gasteiger partial charge in [0.1, 0.15) is 11.9 Å². The van der Waals surface area contributed by atoms with Gasteiger partial charge >= 0.3 is 5.97 Å². The standard InChI is InChI=1S/C34H51FN2O2/c1-3-5-7-9-11-13-15-17-28-25-36-33(37-26-28)29-20-23-31(32(35)24-29)34(38)39-30-21-18-27(19-22-30)16-14-12-10-8-6-4-2/h20,23-27,30H,3-19,21-22H2,1-2H3. The molecule has 0 amide bonds. The summed E-state index contributed by atoms with van der Waals surface area (Å²) in [6, 6.07) is 4.56. The Balaban J connectivity index is 1.39. The number of halogens is 1. The highest BCUT2D eigenvalue weighted by Gasteiger charge is 2.25. The molecule has 0 N–H and O–H groups in total. The summed E-state index contributed by atoms with van der Waals surface area (Å²) in [5, 5.41) is 0. The highest BCUT2D eigenvalue weighted by Crippen LogP contribution is 2.31. The lowest BCUT2D eigenvalue weighted by Crippen LogP contribution is -2.25. The van der Waals surface area contributed by atoms with E-state index in [4.69, 9.17) is 4.74 Å². The molecule has 0 spiro atoms. The third kappa shape index (κ3) is 11.4. The second kappa shape index (κ2) is 18.1. The summed E-state index contributed by atoms with van der Waals surface area (Å²) in [7, 11) is 0. The van der Waals surface area contributed by atoms with Crippen LogP contribution in [0.1, 0.15) is 145 Å². The lowest BCUT2D eigenvalue weighted by Gasteiger charge is -2.28. The largest absolute Gasteiger partial charge is 0.459 e. The van der Waals surface area contributed by atoms with Crippen molar-refractivity contribution < 1.29 is 13.9 Å². The minimum Gasteiger partial charge on any atom is -0.459 e. The SMILES string of the molecule is CCCCCCCCCc1cnc(-c2ccc(C(=O)OC3CCC(CCCCCCCC)CC3)c(F)c2)nc1. The number of hydrogen-bond donors (Lipinski definition) is 0. The average molecular weight is 539 g/mol. The quantitative estimate of drug-likeness (QED) is 0.140. The van der Waals surface area contributed by atoms with Crippen LogP contribution >= 0.6 is 0 Å². The molecule has 39 heavy (non-hydrogen) atoms. The molecule has 1 aliphatic carbocycles. The fourth-order valence-corrected chi connectivity index (χ4v) is 5.71. The fraction of sp³-hybridized carbons (Fsp3) is 0.676. The molecule has 4 nitrogen and oxygen atoms in total. The number of benzene rings is 1. The van der Waals surface area contributed by atoms with Gasteiger partial charge in [0.25, 0.3) is 0 Å². The number of hydrogen-bond acceptors (Lipinski definition) is 4. The smallest absolute Gasteiger partial charge is 0.341 e. The molecule has 0 saturated heterocycles. The molecule has 1 aromatic carbocycles. The van der Waals surface area contributed by atoms with Crippen LogP contribution in [0.15, 0.2) is 30.6 Å². The van der Waals surface area contributed by atoms with Gasteiger partial charge in [0.2, 0.25) is 0 Å². The Morgan fingerprint density at radius 1 is 0.821 bits per heavy atom. The molecule has 0 bridgehead atoms. The summed E-state index contributed by atoms with van der Waals surface area (Å²) in [5.41, 5.74) is 1.67. The third-order valence-corrected chi connectivity index (χ3v) is 8.25. The molecule has 2 aromatic rings.